The van der Waals surface area contributed by atoms with Crippen molar-refractivity contribution in [3.63, 3.8) is 0 Å². The fourth-order valence-electron chi connectivity index (χ4n) is 2.92. The molecule has 1 aromatic heterocycles. The van der Waals surface area contributed by atoms with E-state index in [-0.39, 0.29) is 11.8 Å². The lowest BCUT2D eigenvalue weighted by Gasteiger charge is -2.16. The fraction of sp³-hybridized carbons (Fsp3) is 0.538. The largest absolute Gasteiger partial charge is 0.316 e. The number of hydrogen-bond acceptors (Lipinski definition) is 5. The van der Waals surface area contributed by atoms with Gasteiger partial charge in [-0.05, 0) is 36.4 Å². The molecule has 1 aromatic rings. The van der Waals surface area contributed by atoms with Gasteiger partial charge in [0.25, 0.3) is 11.8 Å². The van der Waals surface area contributed by atoms with E-state index in [0.717, 1.165) is 26.2 Å². The second-order valence-electron chi connectivity index (χ2n) is 5.35. The molecule has 2 unspecified atom stereocenters. The van der Waals surface area contributed by atoms with Crippen molar-refractivity contribution in [1.29, 1.82) is 0 Å². The third-order valence-electron chi connectivity index (χ3n) is 3.89. The Morgan fingerprint density at radius 2 is 2.05 bits per heavy atom. The van der Waals surface area contributed by atoms with Crippen LogP contribution in [0.25, 0.3) is 0 Å². The van der Waals surface area contributed by atoms with E-state index in [1.807, 2.05) is 5.38 Å². The first kappa shape index (κ1) is 13.5. The zero-order valence-corrected chi connectivity index (χ0v) is 11.9. The average Bonchev–Trinajstić information content (AvgIpc) is 3.11. The molecule has 0 aromatic carbocycles. The van der Waals surface area contributed by atoms with Crippen molar-refractivity contribution in [3.05, 3.63) is 22.4 Å². The summed E-state index contributed by atoms with van der Waals surface area (Å²) in [5.74, 6) is 0.908. The molecule has 108 valence electrons. The molecule has 3 rings (SSSR count). The highest BCUT2D eigenvalue weighted by Crippen LogP contribution is 2.25. The fourth-order valence-corrected chi connectivity index (χ4v) is 3.54. The van der Waals surface area contributed by atoms with Crippen molar-refractivity contribution in [2.45, 2.75) is 0 Å². The molecule has 0 radical (unpaired) electrons. The van der Waals surface area contributed by atoms with Gasteiger partial charge >= 0.3 is 0 Å². The molecule has 3 N–H and O–H groups in total. The van der Waals surface area contributed by atoms with E-state index in [0.29, 0.717) is 23.3 Å². The summed E-state index contributed by atoms with van der Waals surface area (Å²) in [4.78, 5) is 26.2. The van der Waals surface area contributed by atoms with Crippen LogP contribution >= 0.6 is 11.3 Å². The summed E-state index contributed by atoms with van der Waals surface area (Å²) in [7, 11) is 0. The van der Waals surface area contributed by atoms with Gasteiger partial charge in [0.05, 0.1) is 11.4 Å². The summed E-state index contributed by atoms with van der Waals surface area (Å²) in [6.45, 7) is 4.38. The van der Waals surface area contributed by atoms with Crippen molar-refractivity contribution < 1.29 is 9.59 Å². The number of hydrogen-bond donors (Lipinski definition) is 3. The molecule has 7 heteroatoms. The zero-order valence-electron chi connectivity index (χ0n) is 11.1. The Hall–Kier alpha value is -1.44. The molecule has 2 fully saturated rings. The maximum Gasteiger partial charge on any atom is 0.279 e. The van der Waals surface area contributed by atoms with E-state index in [4.69, 9.17) is 0 Å². The summed E-state index contributed by atoms with van der Waals surface area (Å²) < 4.78 is 0. The number of thiophene rings is 1. The molecule has 0 aliphatic carbocycles. The number of carbonyl (C=O) groups excluding carboxylic acids is 2. The van der Waals surface area contributed by atoms with Gasteiger partial charge in [0.2, 0.25) is 0 Å². The number of nitrogens with zero attached hydrogens (tertiary/aromatic N) is 1. The predicted octanol–water partition coefficient (Wildman–Crippen LogP) is -0.340. The summed E-state index contributed by atoms with van der Waals surface area (Å²) in [6, 6.07) is 3.53. The summed E-state index contributed by atoms with van der Waals surface area (Å²) in [6.07, 6.45) is 0. The van der Waals surface area contributed by atoms with Crippen LogP contribution in [0.2, 0.25) is 0 Å². The lowest BCUT2D eigenvalue weighted by Crippen LogP contribution is -2.46. The van der Waals surface area contributed by atoms with E-state index in [9.17, 15) is 9.59 Å². The van der Waals surface area contributed by atoms with Gasteiger partial charge in [-0.2, -0.15) is 0 Å². The van der Waals surface area contributed by atoms with Crippen LogP contribution in [0.15, 0.2) is 17.5 Å². The zero-order chi connectivity index (χ0) is 13.9. The van der Waals surface area contributed by atoms with Crippen LogP contribution in [0.4, 0.5) is 0 Å². The number of hydrazine groups is 1. The second-order valence-corrected chi connectivity index (χ2v) is 6.30. The number of fused-ring (bicyclic) bond motifs is 1. The second kappa shape index (κ2) is 5.90. The topological polar surface area (TPSA) is 73.5 Å². The minimum absolute atomic E-state index is 0.164. The van der Waals surface area contributed by atoms with Crippen molar-refractivity contribution >= 4 is 23.2 Å². The number of carbonyl (C=O) groups is 2. The first-order chi connectivity index (χ1) is 9.72. The van der Waals surface area contributed by atoms with Crippen LogP contribution in [-0.2, 0) is 4.79 Å². The molecule has 2 aliphatic rings. The predicted molar refractivity (Wildman–Crippen MR) is 76.2 cm³/mol. The minimum Gasteiger partial charge on any atom is -0.316 e. The van der Waals surface area contributed by atoms with Gasteiger partial charge in [0, 0.05) is 13.1 Å². The molecule has 3 heterocycles. The van der Waals surface area contributed by atoms with Crippen LogP contribution in [0.3, 0.4) is 0 Å². The minimum atomic E-state index is -0.268. The van der Waals surface area contributed by atoms with Crippen molar-refractivity contribution in [2.24, 2.45) is 11.8 Å². The maximum atomic E-state index is 11.8. The third-order valence-corrected chi connectivity index (χ3v) is 4.76. The van der Waals surface area contributed by atoms with E-state index in [2.05, 4.69) is 21.1 Å². The van der Waals surface area contributed by atoms with Crippen LogP contribution in [0, 0.1) is 11.8 Å². The van der Waals surface area contributed by atoms with Crippen LogP contribution in [0.5, 0.6) is 0 Å². The standard InChI is InChI=1S/C13H18N4O2S/c18-12(15-16-13(19)11-2-1-3-20-11)8-17-6-9-4-14-5-10(9)7-17/h1-3,9-10,14H,4-8H2,(H,15,18)(H,16,19). The van der Waals surface area contributed by atoms with Gasteiger partial charge in [-0.25, -0.2) is 0 Å². The Labute approximate surface area is 121 Å². The Morgan fingerprint density at radius 1 is 1.30 bits per heavy atom. The van der Waals surface area contributed by atoms with E-state index >= 15 is 0 Å². The lowest BCUT2D eigenvalue weighted by atomic mass is 10.0. The van der Waals surface area contributed by atoms with E-state index in [1.54, 1.807) is 12.1 Å². The summed E-state index contributed by atoms with van der Waals surface area (Å²) in [5, 5.41) is 5.20. The molecular formula is C13H18N4O2S. The van der Waals surface area contributed by atoms with E-state index < -0.39 is 0 Å². The summed E-state index contributed by atoms with van der Waals surface area (Å²) in [5.41, 5.74) is 4.92. The van der Waals surface area contributed by atoms with E-state index in [1.165, 1.54) is 11.3 Å². The highest BCUT2D eigenvalue weighted by molar-refractivity contribution is 7.12. The first-order valence-corrected chi connectivity index (χ1v) is 7.66. The Morgan fingerprint density at radius 3 is 2.70 bits per heavy atom. The third kappa shape index (κ3) is 3.00. The SMILES string of the molecule is O=C(CN1CC2CNCC2C1)NNC(=O)c1cccs1. The Bertz CT molecular complexity index is 479. The van der Waals surface area contributed by atoms with Gasteiger partial charge in [-0.3, -0.25) is 25.3 Å². The van der Waals surface area contributed by atoms with Gasteiger partial charge in [0.15, 0.2) is 0 Å². The van der Waals surface area contributed by atoms with Crippen molar-refractivity contribution in [3.8, 4) is 0 Å². The molecule has 20 heavy (non-hydrogen) atoms. The van der Waals surface area contributed by atoms with Crippen LogP contribution in [-0.4, -0.2) is 49.4 Å². The molecule has 2 aliphatic heterocycles. The molecular weight excluding hydrogens is 276 g/mol. The van der Waals surface area contributed by atoms with Crippen LogP contribution < -0.4 is 16.2 Å². The highest BCUT2D eigenvalue weighted by atomic mass is 32.1. The monoisotopic (exact) mass is 294 g/mol. The number of amides is 2. The van der Waals surface area contributed by atoms with Crippen molar-refractivity contribution in [2.75, 3.05) is 32.7 Å². The normalized spacial score (nSPS) is 25.4. The van der Waals surface area contributed by atoms with Crippen LogP contribution in [0.1, 0.15) is 9.67 Å². The van der Waals surface area contributed by atoms with Gasteiger partial charge < -0.3 is 5.32 Å². The summed E-state index contributed by atoms with van der Waals surface area (Å²) >= 11 is 1.35. The molecule has 0 saturated carbocycles. The molecule has 0 spiro atoms. The molecule has 2 amide bonds. The van der Waals surface area contributed by atoms with Gasteiger partial charge in [-0.1, -0.05) is 6.07 Å². The molecule has 2 saturated heterocycles. The van der Waals surface area contributed by atoms with Gasteiger partial charge in [-0.15, -0.1) is 11.3 Å². The molecule has 0 bridgehead atoms. The average molecular weight is 294 g/mol. The Balaban J connectivity index is 1.41. The molecule has 6 nitrogen and oxygen atoms in total. The lowest BCUT2D eigenvalue weighted by molar-refractivity contribution is -0.122. The first-order valence-electron chi connectivity index (χ1n) is 6.78. The van der Waals surface area contributed by atoms with Crippen molar-refractivity contribution in [1.82, 2.24) is 21.1 Å². The quantitative estimate of drug-likeness (QED) is 0.667. The Kier molecular flexibility index (Phi) is 4.00. The highest BCUT2D eigenvalue weighted by Gasteiger charge is 2.36. The number of rotatable bonds is 3. The smallest absolute Gasteiger partial charge is 0.279 e. The van der Waals surface area contributed by atoms with Gasteiger partial charge in [0.1, 0.15) is 0 Å². The maximum absolute atomic E-state index is 11.8. The number of nitrogens with one attached hydrogen (secondary N) is 3. The molecule has 2 atom stereocenters. The number of likely N-dealkylation sites (tertiary alicyclic amines) is 1.